The first-order chi connectivity index (χ1) is 16.2. The molecule has 0 saturated carbocycles. The molecule has 0 aliphatic rings. The number of amides is 1. The Morgan fingerprint density at radius 3 is 2.29 bits per heavy atom. The topological polar surface area (TPSA) is 90.4 Å². The lowest BCUT2D eigenvalue weighted by Gasteiger charge is -2.11. The van der Waals surface area contributed by atoms with Crippen molar-refractivity contribution < 1.29 is 32.2 Å². The van der Waals surface area contributed by atoms with Crippen molar-refractivity contribution in [3.63, 3.8) is 0 Å². The second-order valence-corrected chi connectivity index (χ2v) is 7.72. The molecule has 178 valence electrons. The lowest BCUT2D eigenvalue weighted by atomic mass is 10.1. The third kappa shape index (κ3) is 6.70. The van der Waals surface area contributed by atoms with Crippen LogP contribution >= 0.6 is 11.8 Å². The average molecular weight is 491 g/mol. The minimum atomic E-state index is -4.68. The van der Waals surface area contributed by atoms with Crippen molar-refractivity contribution in [2.24, 2.45) is 0 Å². The zero-order valence-electron chi connectivity index (χ0n) is 18.2. The second-order valence-electron chi connectivity index (χ2n) is 6.78. The number of carbonyl (C=O) groups is 2. The van der Waals surface area contributed by atoms with E-state index in [2.05, 4.69) is 15.3 Å². The SMILES string of the molecule is CCOC(=O)c1ccc(NC(=O)CSc2nc(-c3ccc(OC)cc3)cc(C(F)(F)F)n2)cc1. The van der Waals surface area contributed by atoms with E-state index >= 15 is 0 Å². The van der Waals surface area contributed by atoms with Crippen LogP contribution in [0.1, 0.15) is 23.0 Å². The number of carbonyl (C=O) groups excluding carboxylic acids is 2. The Bertz CT molecular complexity index is 1150. The fraction of sp³-hybridized carbons (Fsp3) is 0.217. The fourth-order valence-corrected chi connectivity index (χ4v) is 3.43. The van der Waals surface area contributed by atoms with Gasteiger partial charge in [0.05, 0.1) is 30.7 Å². The standard InChI is InChI=1S/C23H20F3N3O4S/c1-3-33-21(31)15-4-8-16(9-5-15)27-20(30)13-34-22-28-18(12-19(29-22)23(24,25)26)14-6-10-17(32-2)11-7-14/h4-12H,3,13H2,1-2H3,(H,27,30). The van der Waals surface area contributed by atoms with Gasteiger partial charge in [0.2, 0.25) is 5.91 Å². The fourth-order valence-electron chi connectivity index (χ4n) is 2.78. The molecule has 34 heavy (non-hydrogen) atoms. The summed E-state index contributed by atoms with van der Waals surface area (Å²) in [5.74, 6) is -0.621. The smallest absolute Gasteiger partial charge is 0.433 e. The third-order valence-electron chi connectivity index (χ3n) is 4.39. The number of anilines is 1. The van der Waals surface area contributed by atoms with Crippen molar-refractivity contribution in [2.45, 2.75) is 18.3 Å². The molecule has 1 heterocycles. The number of aromatic nitrogens is 2. The third-order valence-corrected chi connectivity index (χ3v) is 5.24. The van der Waals surface area contributed by atoms with Crippen LogP contribution in [0, 0.1) is 0 Å². The first kappa shape index (κ1) is 25.0. The van der Waals surface area contributed by atoms with Gasteiger partial charge in [-0.25, -0.2) is 14.8 Å². The minimum absolute atomic E-state index is 0.0717. The summed E-state index contributed by atoms with van der Waals surface area (Å²) in [5.41, 5.74) is 0.162. The molecule has 1 N–H and O–H groups in total. The maximum atomic E-state index is 13.4. The highest BCUT2D eigenvalue weighted by molar-refractivity contribution is 7.99. The molecule has 0 atom stereocenters. The molecule has 3 rings (SSSR count). The summed E-state index contributed by atoms with van der Waals surface area (Å²) in [6.45, 7) is 1.94. The highest BCUT2D eigenvalue weighted by Gasteiger charge is 2.34. The van der Waals surface area contributed by atoms with Crippen molar-refractivity contribution in [1.82, 2.24) is 9.97 Å². The van der Waals surface area contributed by atoms with Crippen molar-refractivity contribution in [1.29, 1.82) is 0 Å². The Morgan fingerprint density at radius 2 is 1.71 bits per heavy atom. The molecule has 3 aromatic rings. The normalized spacial score (nSPS) is 11.1. The molecule has 0 spiro atoms. The minimum Gasteiger partial charge on any atom is -0.497 e. The first-order valence-electron chi connectivity index (χ1n) is 10.00. The van der Waals surface area contributed by atoms with Crippen LogP contribution in [0.3, 0.4) is 0 Å². The molecular formula is C23H20F3N3O4S. The monoisotopic (exact) mass is 491 g/mol. The number of nitrogens with zero attached hydrogens (tertiary/aromatic N) is 2. The Hall–Kier alpha value is -3.60. The van der Waals surface area contributed by atoms with E-state index < -0.39 is 23.7 Å². The highest BCUT2D eigenvalue weighted by Crippen LogP contribution is 2.32. The molecule has 0 aliphatic carbocycles. The van der Waals surface area contributed by atoms with Gasteiger partial charge in [-0.15, -0.1) is 0 Å². The van der Waals surface area contributed by atoms with Gasteiger partial charge in [-0.3, -0.25) is 4.79 Å². The molecule has 0 bridgehead atoms. The van der Waals surface area contributed by atoms with E-state index in [1.54, 1.807) is 31.2 Å². The summed E-state index contributed by atoms with van der Waals surface area (Å²) < 4.78 is 50.1. The van der Waals surface area contributed by atoms with Crippen LogP contribution < -0.4 is 10.1 Å². The zero-order valence-corrected chi connectivity index (χ0v) is 19.0. The number of methoxy groups -OCH3 is 1. The largest absolute Gasteiger partial charge is 0.497 e. The van der Waals surface area contributed by atoms with Crippen LogP contribution in [0.5, 0.6) is 5.75 Å². The zero-order chi connectivity index (χ0) is 24.7. The number of thioether (sulfide) groups is 1. The molecule has 11 heteroatoms. The van der Waals surface area contributed by atoms with Crippen molar-refractivity contribution in [3.8, 4) is 17.0 Å². The van der Waals surface area contributed by atoms with Crippen molar-refractivity contribution >= 4 is 29.3 Å². The van der Waals surface area contributed by atoms with Crippen LogP contribution in [-0.4, -0.2) is 41.3 Å². The summed E-state index contributed by atoms with van der Waals surface area (Å²) >= 11 is 0.776. The Balaban J connectivity index is 1.71. The molecule has 7 nitrogen and oxygen atoms in total. The molecule has 1 amide bonds. The number of benzene rings is 2. The Morgan fingerprint density at radius 1 is 1.03 bits per heavy atom. The molecule has 0 saturated heterocycles. The number of halogens is 3. The van der Waals surface area contributed by atoms with Gasteiger partial charge in [0.15, 0.2) is 5.16 Å². The number of hydrogen-bond acceptors (Lipinski definition) is 7. The number of rotatable bonds is 8. The van der Waals surface area contributed by atoms with Gasteiger partial charge in [0, 0.05) is 11.3 Å². The van der Waals surface area contributed by atoms with E-state index in [-0.39, 0.29) is 23.2 Å². The van der Waals surface area contributed by atoms with Crippen LogP contribution in [0.15, 0.2) is 59.8 Å². The van der Waals surface area contributed by atoms with Gasteiger partial charge < -0.3 is 14.8 Å². The van der Waals surface area contributed by atoms with Gasteiger partial charge in [-0.1, -0.05) is 11.8 Å². The number of ether oxygens (including phenoxy) is 2. The van der Waals surface area contributed by atoms with E-state index in [4.69, 9.17) is 9.47 Å². The second kappa shape index (κ2) is 11.0. The molecular weight excluding hydrogens is 471 g/mol. The molecule has 0 radical (unpaired) electrons. The summed E-state index contributed by atoms with van der Waals surface area (Å²) in [6, 6.07) is 13.3. The summed E-state index contributed by atoms with van der Waals surface area (Å²) in [5, 5.41) is 2.42. The predicted octanol–water partition coefficient (Wildman–Crippen LogP) is 5.08. The maximum Gasteiger partial charge on any atom is 0.433 e. The van der Waals surface area contributed by atoms with Gasteiger partial charge in [0.25, 0.3) is 0 Å². The Labute approximate surface area is 197 Å². The van der Waals surface area contributed by atoms with E-state index in [9.17, 15) is 22.8 Å². The predicted molar refractivity (Wildman–Crippen MR) is 121 cm³/mol. The van der Waals surface area contributed by atoms with E-state index in [1.165, 1.54) is 31.4 Å². The lowest BCUT2D eigenvalue weighted by Crippen LogP contribution is -2.15. The number of nitrogens with one attached hydrogen (secondary N) is 1. The van der Waals surface area contributed by atoms with E-state index in [0.717, 1.165) is 17.8 Å². The molecule has 2 aromatic carbocycles. The number of alkyl halides is 3. The molecule has 0 aliphatic heterocycles. The molecule has 0 fully saturated rings. The number of hydrogen-bond donors (Lipinski definition) is 1. The first-order valence-corrected chi connectivity index (χ1v) is 11.0. The maximum absolute atomic E-state index is 13.4. The van der Waals surface area contributed by atoms with E-state index in [1.807, 2.05) is 0 Å². The van der Waals surface area contributed by atoms with E-state index in [0.29, 0.717) is 22.6 Å². The summed E-state index contributed by atoms with van der Waals surface area (Å²) in [7, 11) is 1.48. The lowest BCUT2D eigenvalue weighted by molar-refractivity contribution is -0.141. The van der Waals surface area contributed by atoms with Gasteiger partial charge in [-0.05, 0) is 61.5 Å². The van der Waals surface area contributed by atoms with Gasteiger partial charge in [0.1, 0.15) is 11.4 Å². The Kier molecular flexibility index (Phi) is 8.11. The van der Waals surface area contributed by atoms with Crippen LogP contribution in [-0.2, 0) is 15.7 Å². The van der Waals surface area contributed by atoms with Crippen LogP contribution in [0.4, 0.5) is 18.9 Å². The summed E-state index contributed by atoms with van der Waals surface area (Å²) in [6.07, 6.45) is -4.68. The van der Waals surface area contributed by atoms with Gasteiger partial charge >= 0.3 is 12.1 Å². The van der Waals surface area contributed by atoms with Crippen molar-refractivity contribution in [2.75, 3.05) is 24.8 Å². The summed E-state index contributed by atoms with van der Waals surface area (Å²) in [4.78, 5) is 31.7. The quantitative estimate of drug-likeness (QED) is 0.267. The number of esters is 1. The average Bonchev–Trinajstić information content (AvgIpc) is 2.82. The molecule has 1 aromatic heterocycles. The van der Waals surface area contributed by atoms with Crippen LogP contribution in [0.2, 0.25) is 0 Å². The van der Waals surface area contributed by atoms with Gasteiger partial charge in [-0.2, -0.15) is 13.2 Å². The highest BCUT2D eigenvalue weighted by atomic mass is 32.2. The molecule has 0 unspecified atom stereocenters. The van der Waals surface area contributed by atoms with Crippen LogP contribution in [0.25, 0.3) is 11.3 Å². The van der Waals surface area contributed by atoms with Crippen molar-refractivity contribution in [3.05, 3.63) is 65.9 Å².